The molecule has 0 atom stereocenters. The van der Waals surface area contributed by atoms with Crippen LogP contribution in [0.5, 0.6) is 0 Å². The quantitative estimate of drug-likeness (QED) is 0.143. The fourth-order valence-corrected chi connectivity index (χ4v) is 13.9. The van der Waals surface area contributed by atoms with E-state index in [1.54, 1.807) is 0 Å². The molecule has 1 heterocycles. The molecule has 2 aliphatic carbocycles. The smallest absolute Gasteiger partial charge is 0.164 e. The first-order valence-corrected chi connectivity index (χ1v) is 34.3. The number of nitrogens with zero attached hydrogens (tertiary/aromatic N) is 3. The molecule has 3 nitrogen and oxygen atoms in total. The van der Waals surface area contributed by atoms with E-state index in [1.165, 1.54) is 71.2 Å². The van der Waals surface area contributed by atoms with E-state index in [-0.39, 0.29) is 0 Å². The van der Waals surface area contributed by atoms with E-state index < -0.39 is 29.6 Å². The van der Waals surface area contributed by atoms with E-state index in [1.807, 2.05) is 36.4 Å². The van der Waals surface area contributed by atoms with Crippen LogP contribution in [0.4, 0.5) is 0 Å². The number of hydrogen-bond donors (Lipinski definition) is 0. The van der Waals surface area contributed by atoms with E-state index >= 15 is 0 Å². The van der Waals surface area contributed by atoms with E-state index in [0.29, 0.717) is 17.5 Å². The predicted octanol–water partition coefficient (Wildman–Crippen LogP) is 14.2. The lowest BCUT2D eigenvalue weighted by atomic mass is 9.70. The van der Waals surface area contributed by atoms with Gasteiger partial charge in [-0.1, -0.05) is 238 Å². The van der Waals surface area contributed by atoms with Gasteiger partial charge >= 0.3 is 0 Å². The first kappa shape index (κ1) is 43.0. The molecule has 0 amide bonds. The van der Waals surface area contributed by atoms with Crippen LogP contribution in [0.25, 0.3) is 78.7 Å². The molecule has 0 saturated carbocycles. The second-order valence-corrected chi connectivity index (χ2v) is 37.0. The molecule has 1 aromatic heterocycles. The lowest BCUT2D eigenvalue weighted by Crippen LogP contribution is -2.41. The highest BCUT2D eigenvalue weighted by molar-refractivity contribution is 6.89. The Balaban J connectivity index is 1.08. The van der Waals surface area contributed by atoms with Gasteiger partial charge in [0, 0.05) is 16.7 Å². The van der Waals surface area contributed by atoms with Gasteiger partial charge in [0.1, 0.15) is 0 Å². The third-order valence-corrected chi connectivity index (χ3v) is 20.4. The Morgan fingerprint density at radius 1 is 0.269 bits per heavy atom. The van der Waals surface area contributed by atoms with Gasteiger partial charge in [-0.3, -0.25) is 0 Å². The van der Waals surface area contributed by atoms with E-state index in [4.69, 9.17) is 15.0 Å². The molecule has 8 aromatic carbocycles. The molecule has 0 bridgehead atoms. The minimum Gasteiger partial charge on any atom is -0.208 e. The van der Waals surface area contributed by atoms with Crippen molar-refractivity contribution in [3.05, 3.63) is 204 Å². The van der Waals surface area contributed by atoms with E-state index in [2.05, 4.69) is 205 Å². The van der Waals surface area contributed by atoms with Crippen molar-refractivity contribution in [3.63, 3.8) is 0 Å². The molecule has 0 fully saturated rings. The summed E-state index contributed by atoms with van der Waals surface area (Å²) >= 11 is 0. The standard InChI is InChI=1S/C61H57N3Si3/c1-65(2,3)47-27-31-51-50-30-26-45(36-54(50)61(55(51)37-47)56-38-48(66(4,5)6)28-32-52(56)53-33-29-49(39-57(53)61)67(7,8)9)43-23-16-22-42(34-43)44-24-17-25-46(35-44)60-63-58(40-18-12-10-13-19-40)62-59(64-60)41-20-14-11-15-21-41/h10-39H,1-9H3. The topological polar surface area (TPSA) is 38.7 Å². The van der Waals surface area contributed by atoms with Gasteiger partial charge < -0.3 is 0 Å². The third-order valence-electron chi connectivity index (χ3n) is 14.2. The molecule has 2 aliphatic rings. The third kappa shape index (κ3) is 7.34. The SMILES string of the molecule is C[Si](C)(C)c1ccc2c(c1)C1(c3cc(-c4cccc(-c5cccc(-c6nc(-c7ccccc7)nc(-c7ccccc7)n6)c5)c4)ccc3-2)c2cc([Si](C)(C)C)ccc2-c2ccc([Si](C)(C)C)cc21. The second-order valence-electron chi connectivity index (χ2n) is 21.7. The monoisotopic (exact) mass is 915 g/mol. The number of aromatic nitrogens is 3. The zero-order valence-electron chi connectivity index (χ0n) is 40.2. The molecule has 0 radical (unpaired) electrons. The summed E-state index contributed by atoms with van der Waals surface area (Å²) in [5, 5.41) is 4.53. The normalized spacial score (nSPS) is 13.6. The highest BCUT2D eigenvalue weighted by Crippen LogP contribution is 2.63. The largest absolute Gasteiger partial charge is 0.208 e. The Kier molecular flexibility index (Phi) is 10.1. The molecule has 0 N–H and O–H groups in total. The van der Waals surface area contributed by atoms with E-state index in [0.717, 1.165) is 27.8 Å². The maximum absolute atomic E-state index is 5.06. The average Bonchev–Trinajstić information content (AvgIpc) is 3.79. The molecule has 67 heavy (non-hydrogen) atoms. The molecule has 0 unspecified atom stereocenters. The fraction of sp³-hybridized carbons (Fsp3) is 0.164. The van der Waals surface area contributed by atoms with Crippen molar-refractivity contribution in [2.75, 3.05) is 0 Å². The lowest BCUT2D eigenvalue weighted by Gasteiger charge is -2.33. The zero-order valence-corrected chi connectivity index (χ0v) is 43.2. The maximum Gasteiger partial charge on any atom is 0.164 e. The Hall–Kier alpha value is -6.58. The van der Waals surface area contributed by atoms with Crippen LogP contribution in [0.1, 0.15) is 22.3 Å². The van der Waals surface area contributed by atoms with Gasteiger partial charge in [-0.15, -0.1) is 0 Å². The van der Waals surface area contributed by atoms with Crippen LogP contribution < -0.4 is 15.6 Å². The number of hydrogen-bond acceptors (Lipinski definition) is 3. The summed E-state index contributed by atoms with van der Waals surface area (Å²) in [7, 11) is -5.02. The summed E-state index contributed by atoms with van der Waals surface area (Å²) in [6, 6.07) is 68.0. The molecule has 9 aromatic rings. The van der Waals surface area contributed by atoms with Gasteiger partial charge in [0.2, 0.25) is 0 Å². The molecule has 6 heteroatoms. The molecule has 0 aliphatic heterocycles. The van der Waals surface area contributed by atoms with Gasteiger partial charge in [0.15, 0.2) is 17.5 Å². The van der Waals surface area contributed by atoms with Gasteiger partial charge in [-0.25, -0.2) is 15.0 Å². The Labute approximate surface area is 399 Å². The first-order chi connectivity index (χ1) is 32.1. The lowest BCUT2D eigenvalue weighted by molar-refractivity contribution is 0.796. The van der Waals surface area contributed by atoms with Crippen LogP contribution in [-0.4, -0.2) is 39.2 Å². The summed E-state index contributed by atoms with van der Waals surface area (Å²) in [5.41, 5.74) is 18.4. The minimum absolute atomic E-state index is 0.431. The molecular weight excluding hydrogens is 859 g/mol. The van der Waals surface area contributed by atoms with Gasteiger partial charge in [0.25, 0.3) is 0 Å². The summed E-state index contributed by atoms with van der Waals surface area (Å²) in [4.78, 5) is 15.1. The molecule has 0 saturated heterocycles. The Bertz CT molecular complexity index is 3250. The summed E-state index contributed by atoms with van der Waals surface area (Å²) < 4.78 is 0. The van der Waals surface area contributed by atoms with E-state index in [9.17, 15) is 0 Å². The van der Waals surface area contributed by atoms with Crippen molar-refractivity contribution in [3.8, 4) is 78.7 Å². The van der Waals surface area contributed by atoms with Crippen molar-refractivity contribution >= 4 is 39.8 Å². The van der Waals surface area contributed by atoms with Gasteiger partial charge in [-0.2, -0.15) is 0 Å². The van der Waals surface area contributed by atoms with Crippen LogP contribution in [-0.2, 0) is 5.41 Å². The molecule has 328 valence electrons. The maximum atomic E-state index is 5.06. The Morgan fingerprint density at radius 3 is 0.955 bits per heavy atom. The van der Waals surface area contributed by atoms with Crippen molar-refractivity contribution in [2.24, 2.45) is 0 Å². The van der Waals surface area contributed by atoms with Gasteiger partial charge in [-0.05, 0) is 85.0 Å². The minimum atomic E-state index is -1.67. The average molecular weight is 916 g/mol. The van der Waals surface area contributed by atoms with Crippen LogP contribution >= 0.6 is 0 Å². The van der Waals surface area contributed by atoms with Crippen LogP contribution in [0, 0.1) is 0 Å². The zero-order chi connectivity index (χ0) is 46.5. The number of rotatable bonds is 8. The van der Waals surface area contributed by atoms with Gasteiger partial charge in [0.05, 0.1) is 29.6 Å². The first-order valence-electron chi connectivity index (χ1n) is 23.8. The predicted molar refractivity (Wildman–Crippen MR) is 292 cm³/mol. The molecular formula is C61H57N3Si3. The van der Waals surface area contributed by atoms with Crippen LogP contribution in [0.2, 0.25) is 58.9 Å². The number of fused-ring (bicyclic) bond motifs is 10. The van der Waals surface area contributed by atoms with Crippen molar-refractivity contribution in [1.82, 2.24) is 15.0 Å². The van der Waals surface area contributed by atoms with Crippen LogP contribution in [0.3, 0.4) is 0 Å². The second kappa shape index (κ2) is 15.8. The summed E-state index contributed by atoms with van der Waals surface area (Å²) in [6.07, 6.45) is 0. The van der Waals surface area contributed by atoms with Crippen molar-refractivity contribution in [1.29, 1.82) is 0 Å². The van der Waals surface area contributed by atoms with Crippen LogP contribution in [0.15, 0.2) is 182 Å². The molecule has 1 spiro atoms. The fourth-order valence-electron chi connectivity index (χ4n) is 10.5. The summed E-state index contributed by atoms with van der Waals surface area (Å²) in [5.74, 6) is 1.97. The van der Waals surface area contributed by atoms with Crippen molar-refractivity contribution < 1.29 is 0 Å². The molecule has 11 rings (SSSR count). The van der Waals surface area contributed by atoms with Crippen molar-refractivity contribution in [2.45, 2.75) is 64.3 Å². The highest BCUT2D eigenvalue weighted by atomic mass is 28.3. The Morgan fingerprint density at radius 2 is 0.567 bits per heavy atom. The highest BCUT2D eigenvalue weighted by Gasteiger charge is 2.53. The summed E-state index contributed by atoms with van der Waals surface area (Å²) in [6.45, 7) is 22.4. The number of benzene rings is 8.